The zero-order valence-electron chi connectivity index (χ0n) is 15.6. The van der Waals surface area contributed by atoms with Crippen molar-refractivity contribution in [3.05, 3.63) is 76.0 Å². The molecule has 0 atom stereocenters. The molecule has 0 bridgehead atoms. The van der Waals surface area contributed by atoms with Crippen LogP contribution in [0.15, 0.2) is 65.5 Å². The van der Waals surface area contributed by atoms with Gasteiger partial charge in [-0.3, -0.25) is 9.69 Å². The molecular formula is C22H22ClN3O2. The van der Waals surface area contributed by atoms with Gasteiger partial charge in [0.25, 0.3) is 5.56 Å². The lowest BCUT2D eigenvalue weighted by Gasteiger charge is -2.26. The summed E-state index contributed by atoms with van der Waals surface area (Å²) in [5.74, 6) is 0. The Hall–Kier alpha value is -2.47. The topological polar surface area (TPSA) is 47.4 Å². The SMILES string of the molecule is O=c1c(-c2cccc(Cl)c2)cc(-c2ccccc2)nn1CCN1CCOCC1. The predicted octanol–water partition coefficient (Wildman–Crippen LogP) is 3.56. The van der Waals surface area contributed by atoms with E-state index in [0.29, 0.717) is 17.1 Å². The summed E-state index contributed by atoms with van der Waals surface area (Å²) in [6.07, 6.45) is 0. The van der Waals surface area contributed by atoms with Crippen LogP contribution in [0.5, 0.6) is 0 Å². The monoisotopic (exact) mass is 395 g/mol. The van der Waals surface area contributed by atoms with Gasteiger partial charge in [-0.15, -0.1) is 0 Å². The Morgan fingerprint density at radius 2 is 1.68 bits per heavy atom. The van der Waals surface area contributed by atoms with E-state index in [-0.39, 0.29) is 5.56 Å². The molecule has 1 fully saturated rings. The third kappa shape index (κ3) is 4.33. The zero-order chi connectivity index (χ0) is 19.3. The predicted molar refractivity (Wildman–Crippen MR) is 112 cm³/mol. The maximum absolute atomic E-state index is 13.2. The van der Waals surface area contributed by atoms with Gasteiger partial charge in [-0.1, -0.05) is 54.1 Å². The van der Waals surface area contributed by atoms with E-state index in [9.17, 15) is 4.79 Å². The van der Waals surface area contributed by atoms with Crippen molar-refractivity contribution in [3.8, 4) is 22.4 Å². The molecule has 1 aliphatic rings. The summed E-state index contributed by atoms with van der Waals surface area (Å²) < 4.78 is 6.98. The van der Waals surface area contributed by atoms with Crippen LogP contribution in [-0.2, 0) is 11.3 Å². The fraction of sp³-hybridized carbons (Fsp3) is 0.273. The van der Waals surface area contributed by atoms with Gasteiger partial charge in [0.1, 0.15) is 0 Å². The van der Waals surface area contributed by atoms with Gasteiger partial charge >= 0.3 is 0 Å². The molecule has 4 rings (SSSR count). The van der Waals surface area contributed by atoms with Gasteiger partial charge in [0, 0.05) is 30.2 Å². The maximum Gasteiger partial charge on any atom is 0.274 e. The number of hydrogen-bond donors (Lipinski definition) is 0. The Bertz CT molecular complexity index is 998. The lowest BCUT2D eigenvalue weighted by molar-refractivity contribution is 0.0358. The van der Waals surface area contributed by atoms with Gasteiger partial charge < -0.3 is 4.74 Å². The summed E-state index contributed by atoms with van der Waals surface area (Å²) in [5, 5.41) is 5.26. The van der Waals surface area contributed by atoms with E-state index < -0.39 is 0 Å². The first-order chi connectivity index (χ1) is 13.7. The molecule has 144 valence electrons. The summed E-state index contributed by atoms with van der Waals surface area (Å²) in [4.78, 5) is 15.4. The molecule has 5 nitrogen and oxygen atoms in total. The van der Waals surface area contributed by atoms with Gasteiger partial charge in [-0.2, -0.15) is 5.10 Å². The molecule has 1 aliphatic heterocycles. The van der Waals surface area contributed by atoms with Gasteiger partial charge in [-0.25, -0.2) is 4.68 Å². The van der Waals surface area contributed by atoms with Crippen LogP contribution in [-0.4, -0.2) is 47.5 Å². The van der Waals surface area contributed by atoms with Crippen LogP contribution < -0.4 is 5.56 Å². The molecule has 0 radical (unpaired) electrons. The second-order valence-corrected chi connectivity index (χ2v) is 7.24. The van der Waals surface area contributed by atoms with Gasteiger partial charge in [0.15, 0.2) is 0 Å². The molecule has 0 amide bonds. The highest BCUT2D eigenvalue weighted by Crippen LogP contribution is 2.24. The van der Waals surface area contributed by atoms with Crippen LogP contribution in [0.25, 0.3) is 22.4 Å². The Morgan fingerprint density at radius 3 is 2.43 bits per heavy atom. The number of halogens is 1. The fourth-order valence-electron chi connectivity index (χ4n) is 3.37. The molecule has 28 heavy (non-hydrogen) atoms. The van der Waals surface area contributed by atoms with Gasteiger partial charge in [0.2, 0.25) is 0 Å². The fourth-order valence-corrected chi connectivity index (χ4v) is 3.56. The average Bonchev–Trinajstić information content (AvgIpc) is 2.74. The van der Waals surface area contributed by atoms with Gasteiger partial charge in [-0.05, 0) is 23.8 Å². The molecule has 1 aromatic heterocycles. The van der Waals surface area contributed by atoms with Crippen LogP contribution in [0.3, 0.4) is 0 Å². The third-order valence-electron chi connectivity index (χ3n) is 4.91. The number of morpholine rings is 1. The summed E-state index contributed by atoms with van der Waals surface area (Å²) in [6, 6.07) is 19.2. The van der Waals surface area contributed by atoms with Crippen molar-refractivity contribution >= 4 is 11.6 Å². The maximum atomic E-state index is 13.2. The molecule has 2 aromatic carbocycles. The minimum atomic E-state index is -0.102. The number of rotatable bonds is 5. The molecule has 2 heterocycles. The second-order valence-electron chi connectivity index (χ2n) is 6.80. The summed E-state index contributed by atoms with van der Waals surface area (Å²) in [5.41, 5.74) is 3.06. The Morgan fingerprint density at radius 1 is 0.929 bits per heavy atom. The molecule has 0 N–H and O–H groups in total. The van der Waals surface area contributed by atoms with Crippen molar-refractivity contribution < 1.29 is 4.74 Å². The standard InChI is InChI=1S/C22H22ClN3O2/c23-19-8-4-7-18(15-19)20-16-21(17-5-2-1-3-6-17)24-26(22(20)27)10-9-25-11-13-28-14-12-25/h1-8,15-16H,9-14H2. The van der Waals surface area contributed by atoms with Crippen molar-refractivity contribution in [3.63, 3.8) is 0 Å². The average molecular weight is 396 g/mol. The molecule has 0 unspecified atom stereocenters. The highest BCUT2D eigenvalue weighted by atomic mass is 35.5. The smallest absolute Gasteiger partial charge is 0.274 e. The number of ether oxygens (including phenoxy) is 1. The normalized spacial score (nSPS) is 14.9. The largest absolute Gasteiger partial charge is 0.379 e. The Balaban J connectivity index is 1.73. The van der Waals surface area contributed by atoms with Crippen LogP contribution >= 0.6 is 11.6 Å². The lowest BCUT2D eigenvalue weighted by Crippen LogP contribution is -2.39. The van der Waals surface area contributed by atoms with Crippen molar-refractivity contribution in [2.75, 3.05) is 32.8 Å². The van der Waals surface area contributed by atoms with Crippen molar-refractivity contribution in [1.82, 2.24) is 14.7 Å². The first kappa shape index (κ1) is 18.9. The first-order valence-corrected chi connectivity index (χ1v) is 9.82. The van der Waals surface area contributed by atoms with Crippen molar-refractivity contribution in [1.29, 1.82) is 0 Å². The highest BCUT2D eigenvalue weighted by molar-refractivity contribution is 6.30. The minimum Gasteiger partial charge on any atom is -0.379 e. The molecular weight excluding hydrogens is 374 g/mol. The van der Waals surface area contributed by atoms with Crippen molar-refractivity contribution in [2.45, 2.75) is 6.54 Å². The van der Waals surface area contributed by atoms with Gasteiger partial charge in [0.05, 0.1) is 31.0 Å². The van der Waals surface area contributed by atoms with E-state index in [2.05, 4.69) is 10.00 Å². The molecule has 3 aromatic rings. The highest BCUT2D eigenvalue weighted by Gasteiger charge is 2.15. The summed E-state index contributed by atoms with van der Waals surface area (Å²) >= 11 is 6.16. The number of hydrogen-bond acceptors (Lipinski definition) is 4. The van der Waals surface area contributed by atoms with E-state index in [0.717, 1.165) is 49.7 Å². The minimum absolute atomic E-state index is 0.102. The van der Waals surface area contributed by atoms with Crippen LogP contribution in [0.4, 0.5) is 0 Å². The number of nitrogens with zero attached hydrogens (tertiary/aromatic N) is 3. The van der Waals surface area contributed by atoms with E-state index in [1.165, 1.54) is 0 Å². The Labute approximate surface area is 169 Å². The van der Waals surface area contributed by atoms with Crippen LogP contribution in [0, 0.1) is 0 Å². The van der Waals surface area contributed by atoms with Crippen LogP contribution in [0.2, 0.25) is 5.02 Å². The molecule has 1 saturated heterocycles. The third-order valence-corrected chi connectivity index (χ3v) is 5.15. The van der Waals surface area contributed by atoms with E-state index in [1.54, 1.807) is 10.7 Å². The zero-order valence-corrected chi connectivity index (χ0v) is 16.3. The first-order valence-electron chi connectivity index (χ1n) is 9.44. The van der Waals surface area contributed by atoms with Crippen molar-refractivity contribution in [2.24, 2.45) is 0 Å². The van der Waals surface area contributed by atoms with Crippen LogP contribution in [0.1, 0.15) is 0 Å². The molecule has 6 heteroatoms. The summed E-state index contributed by atoms with van der Waals surface area (Å²) in [6.45, 7) is 4.54. The quantitative estimate of drug-likeness (QED) is 0.662. The van der Waals surface area contributed by atoms with E-state index >= 15 is 0 Å². The summed E-state index contributed by atoms with van der Waals surface area (Å²) in [7, 11) is 0. The Kier molecular flexibility index (Phi) is 5.86. The number of aromatic nitrogens is 2. The van der Waals surface area contributed by atoms with E-state index in [1.807, 2.05) is 54.6 Å². The molecule has 0 spiro atoms. The second kappa shape index (κ2) is 8.69. The number of benzene rings is 2. The molecule has 0 aliphatic carbocycles. The molecule has 0 saturated carbocycles. The van der Waals surface area contributed by atoms with E-state index in [4.69, 9.17) is 16.3 Å². The lowest BCUT2D eigenvalue weighted by atomic mass is 10.0.